The first-order valence-electron chi connectivity index (χ1n) is 5.75. The Balaban J connectivity index is 4.46. The Morgan fingerprint density at radius 2 is 1.94 bits per heavy atom. The van der Waals surface area contributed by atoms with Gasteiger partial charge in [0.25, 0.3) is 0 Å². The summed E-state index contributed by atoms with van der Waals surface area (Å²) in [7, 11) is -3.43. The van der Waals surface area contributed by atoms with Crippen LogP contribution >= 0.6 is 0 Å². The lowest BCUT2D eigenvalue weighted by Gasteiger charge is -2.23. The molecule has 0 aromatic carbocycles. The van der Waals surface area contributed by atoms with Crippen molar-refractivity contribution in [3.8, 4) is 0 Å². The molecule has 5 nitrogen and oxygen atoms in total. The molecule has 0 saturated carbocycles. The molecule has 102 valence electrons. The molecule has 0 heterocycles. The molecule has 0 aliphatic rings. The molecule has 0 aliphatic heterocycles. The molecule has 0 radical (unpaired) electrons. The van der Waals surface area contributed by atoms with E-state index in [1.807, 2.05) is 6.92 Å². The van der Waals surface area contributed by atoms with Crippen molar-refractivity contribution >= 4 is 15.7 Å². The van der Waals surface area contributed by atoms with Gasteiger partial charge in [-0.3, -0.25) is 4.79 Å². The lowest BCUT2D eigenvalue weighted by atomic mass is 10.0. The smallest absolute Gasteiger partial charge is 0.240 e. The van der Waals surface area contributed by atoms with Crippen molar-refractivity contribution in [1.29, 1.82) is 0 Å². The Kier molecular flexibility index (Phi) is 6.12. The second kappa shape index (κ2) is 6.35. The van der Waals surface area contributed by atoms with Crippen LogP contribution in [0.4, 0.5) is 0 Å². The van der Waals surface area contributed by atoms with Crippen molar-refractivity contribution in [2.45, 2.75) is 38.4 Å². The molecule has 0 rings (SSSR count). The van der Waals surface area contributed by atoms with Crippen molar-refractivity contribution in [1.82, 2.24) is 5.32 Å². The highest BCUT2D eigenvalue weighted by atomic mass is 32.2. The fourth-order valence-electron chi connectivity index (χ4n) is 1.25. The number of rotatable bonds is 7. The number of nitrogens with one attached hydrogen (secondary N) is 1. The molecule has 1 unspecified atom stereocenters. The number of amides is 1. The van der Waals surface area contributed by atoms with Crippen LogP contribution in [0.2, 0.25) is 0 Å². The first-order chi connectivity index (χ1) is 7.66. The van der Waals surface area contributed by atoms with Crippen molar-refractivity contribution in [3.05, 3.63) is 0 Å². The van der Waals surface area contributed by atoms with Crippen molar-refractivity contribution in [3.63, 3.8) is 0 Å². The first kappa shape index (κ1) is 16.4. The second-order valence-electron chi connectivity index (χ2n) is 4.78. The van der Waals surface area contributed by atoms with E-state index in [4.69, 9.17) is 5.11 Å². The maximum atomic E-state index is 11.8. The van der Waals surface area contributed by atoms with Crippen LogP contribution in [0, 0.1) is 5.92 Å². The van der Waals surface area contributed by atoms with Gasteiger partial charge in [0, 0.05) is 19.4 Å². The highest BCUT2D eigenvalue weighted by molar-refractivity contribution is 7.92. The van der Waals surface area contributed by atoms with Gasteiger partial charge in [-0.05, 0) is 26.2 Å². The summed E-state index contributed by atoms with van der Waals surface area (Å²) < 4.78 is 21.5. The highest BCUT2D eigenvalue weighted by Crippen LogP contribution is 2.15. The molecule has 0 fully saturated rings. The Morgan fingerprint density at radius 1 is 1.41 bits per heavy atom. The topological polar surface area (TPSA) is 83.5 Å². The molecule has 0 spiro atoms. The first-order valence-corrected chi connectivity index (χ1v) is 7.64. The van der Waals surface area contributed by atoms with Gasteiger partial charge in [-0.2, -0.15) is 0 Å². The standard InChI is InChI=1S/C11H23NO4S/c1-5-9(6-7-13)8-12-10(14)11(2,3)17(4,15)16/h9,13H,5-8H2,1-4H3,(H,12,14). The van der Waals surface area contributed by atoms with Crippen LogP contribution in [0.5, 0.6) is 0 Å². The molecule has 0 bridgehead atoms. The molecule has 17 heavy (non-hydrogen) atoms. The van der Waals surface area contributed by atoms with Crippen LogP contribution in [0.1, 0.15) is 33.6 Å². The van der Waals surface area contributed by atoms with E-state index in [9.17, 15) is 13.2 Å². The summed E-state index contributed by atoms with van der Waals surface area (Å²) in [5.41, 5.74) is 0. The van der Waals surface area contributed by atoms with E-state index in [0.717, 1.165) is 12.7 Å². The third-order valence-electron chi connectivity index (χ3n) is 3.14. The number of aliphatic hydroxyl groups is 1. The summed E-state index contributed by atoms with van der Waals surface area (Å²) in [6.07, 6.45) is 2.49. The van der Waals surface area contributed by atoms with Crippen LogP contribution in [-0.4, -0.2) is 43.6 Å². The zero-order chi connectivity index (χ0) is 13.7. The van der Waals surface area contributed by atoms with E-state index >= 15 is 0 Å². The number of carbonyl (C=O) groups excluding carboxylic acids is 1. The number of carbonyl (C=O) groups is 1. The Hall–Kier alpha value is -0.620. The fraction of sp³-hybridized carbons (Fsp3) is 0.909. The van der Waals surface area contributed by atoms with Crippen LogP contribution in [0.25, 0.3) is 0 Å². The zero-order valence-electron chi connectivity index (χ0n) is 11.0. The third kappa shape index (κ3) is 4.63. The number of hydrogen-bond donors (Lipinski definition) is 2. The van der Waals surface area contributed by atoms with E-state index in [1.165, 1.54) is 13.8 Å². The highest BCUT2D eigenvalue weighted by Gasteiger charge is 2.38. The molecule has 0 aliphatic carbocycles. The predicted octanol–water partition coefficient (Wildman–Crippen LogP) is 0.334. The van der Waals surface area contributed by atoms with Gasteiger partial charge in [0.2, 0.25) is 5.91 Å². The molecular formula is C11H23NO4S. The third-order valence-corrected chi connectivity index (χ3v) is 5.18. The van der Waals surface area contributed by atoms with Gasteiger partial charge in [-0.1, -0.05) is 13.3 Å². The molecule has 6 heteroatoms. The minimum atomic E-state index is -3.43. The number of hydrogen-bond acceptors (Lipinski definition) is 4. The van der Waals surface area contributed by atoms with Crippen LogP contribution < -0.4 is 5.32 Å². The van der Waals surface area contributed by atoms with E-state index < -0.39 is 20.5 Å². The van der Waals surface area contributed by atoms with E-state index in [0.29, 0.717) is 13.0 Å². The minimum Gasteiger partial charge on any atom is -0.396 e. The summed E-state index contributed by atoms with van der Waals surface area (Å²) in [4.78, 5) is 11.8. The molecule has 0 aromatic rings. The van der Waals surface area contributed by atoms with Gasteiger partial charge in [-0.25, -0.2) is 8.42 Å². The van der Waals surface area contributed by atoms with Gasteiger partial charge >= 0.3 is 0 Å². The Morgan fingerprint density at radius 3 is 2.29 bits per heavy atom. The molecule has 0 aromatic heterocycles. The predicted molar refractivity (Wildman–Crippen MR) is 67.4 cm³/mol. The Bertz CT molecular complexity index is 348. The maximum Gasteiger partial charge on any atom is 0.240 e. The van der Waals surface area contributed by atoms with E-state index in [1.54, 1.807) is 0 Å². The number of sulfone groups is 1. The van der Waals surface area contributed by atoms with Gasteiger partial charge in [-0.15, -0.1) is 0 Å². The van der Waals surface area contributed by atoms with Crippen LogP contribution in [0.3, 0.4) is 0 Å². The average Bonchev–Trinajstić information content (AvgIpc) is 2.21. The Labute approximate surface area is 104 Å². The van der Waals surface area contributed by atoms with Crippen LogP contribution in [-0.2, 0) is 14.6 Å². The van der Waals surface area contributed by atoms with Gasteiger partial charge in [0.15, 0.2) is 9.84 Å². The lowest BCUT2D eigenvalue weighted by Crippen LogP contribution is -2.48. The van der Waals surface area contributed by atoms with Crippen LogP contribution in [0.15, 0.2) is 0 Å². The average molecular weight is 265 g/mol. The van der Waals surface area contributed by atoms with Crippen molar-refractivity contribution in [2.24, 2.45) is 5.92 Å². The largest absolute Gasteiger partial charge is 0.396 e. The SMILES string of the molecule is CCC(CCO)CNC(=O)C(C)(C)S(C)(=O)=O. The lowest BCUT2D eigenvalue weighted by molar-refractivity contribution is -0.123. The molecular weight excluding hydrogens is 242 g/mol. The zero-order valence-corrected chi connectivity index (χ0v) is 11.8. The van der Waals surface area contributed by atoms with E-state index in [-0.39, 0.29) is 12.5 Å². The fourth-order valence-corrected chi connectivity index (χ4v) is 1.66. The van der Waals surface area contributed by atoms with E-state index in [2.05, 4.69) is 5.32 Å². The summed E-state index contributed by atoms with van der Waals surface area (Å²) in [5.74, 6) is -0.310. The van der Waals surface area contributed by atoms with Gasteiger partial charge in [0.1, 0.15) is 4.75 Å². The second-order valence-corrected chi connectivity index (χ2v) is 7.34. The van der Waals surface area contributed by atoms with Crippen molar-refractivity contribution in [2.75, 3.05) is 19.4 Å². The van der Waals surface area contributed by atoms with Gasteiger partial charge < -0.3 is 10.4 Å². The normalized spacial score (nSPS) is 14.4. The summed E-state index contributed by atoms with van der Waals surface area (Å²) in [5, 5.41) is 11.4. The van der Waals surface area contributed by atoms with Crippen molar-refractivity contribution < 1.29 is 18.3 Å². The summed E-state index contributed by atoms with van der Waals surface area (Å²) in [6, 6.07) is 0. The summed E-state index contributed by atoms with van der Waals surface area (Å²) >= 11 is 0. The molecule has 0 saturated heterocycles. The minimum absolute atomic E-state index is 0.0733. The maximum absolute atomic E-state index is 11.8. The molecule has 2 N–H and O–H groups in total. The van der Waals surface area contributed by atoms with Gasteiger partial charge in [0.05, 0.1) is 0 Å². The quantitative estimate of drug-likeness (QED) is 0.695. The molecule has 1 atom stereocenters. The number of aliphatic hydroxyl groups excluding tert-OH is 1. The monoisotopic (exact) mass is 265 g/mol. The summed E-state index contributed by atoms with van der Waals surface area (Å²) in [6.45, 7) is 5.22. The molecule has 1 amide bonds.